The summed E-state index contributed by atoms with van der Waals surface area (Å²) in [5.41, 5.74) is 6.18. The van der Waals surface area contributed by atoms with E-state index >= 15 is 0 Å². The van der Waals surface area contributed by atoms with Gasteiger partial charge in [-0.05, 0) is 37.6 Å². The van der Waals surface area contributed by atoms with Crippen LogP contribution in [0.4, 0.5) is 0 Å². The van der Waals surface area contributed by atoms with E-state index < -0.39 is 10.0 Å². The Labute approximate surface area is 102 Å². The highest BCUT2D eigenvalue weighted by atomic mass is 32.2. The number of aryl methyl sites for hydroxylation is 1. The van der Waals surface area contributed by atoms with Crippen molar-refractivity contribution in [2.75, 3.05) is 20.2 Å². The summed E-state index contributed by atoms with van der Waals surface area (Å²) >= 11 is 0. The van der Waals surface area contributed by atoms with Gasteiger partial charge in [-0.15, -0.1) is 0 Å². The predicted octanol–water partition coefficient (Wildman–Crippen LogP) is 0.631. The highest BCUT2D eigenvalue weighted by Crippen LogP contribution is 2.24. The molecule has 6 heteroatoms. The van der Waals surface area contributed by atoms with E-state index in [4.69, 9.17) is 10.5 Å². The molecule has 1 aromatic carbocycles. The van der Waals surface area contributed by atoms with Crippen molar-refractivity contribution in [2.24, 2.45) is 5.73 Å². The number of nitrogens with two attached hydrogens (primary N) is 1. The molecule has 0 aliphatic rings. The van der Waals surface area contributed by atoms with Gasteiger partial charge in [-0.25, -0.2) is 13.1 Å². The molecule has 0 aliphatic heterocycles. The van der Waals surface area contributed by atoms with Crippen molar-refractivity contribution in [1.29, 1.82) is 0 Å². The fourth-order valence-electron chi connectivity index (χ4n) is 1.38. The Bertz CT molecular complexity index is 472. The molecule has 0 radical (unpaired) electrons. The van der Waals surface area contributed by atoms with E-state index in [9.17, 15) is 8.42 Å². The average Bonchev–Trinajstić information content (AvgIpc) is 2.29. The zero-order valence-electron chi connectivity index (χ0n) is 10.1. The Morgan fingerprint density at radius 3 is 2.71 bits per heavy atom. The van der Waals surface area contributed by atoms with Crippen LogP contribution in [0.2, 0.25) is 0 Å². The van der Waals surface area contributed by atoms with Gasteiger partial charge in [-0.3, -0.25) is 0 Å². The van der Waals surface area contributed by atoms with Crippen molar-refractivity contribution >= 4 is 10.0 Å². The lowest BCUT2D eigenvalue weighted by atomic mass is 10.2. The van der Waals surface area contributed by atoms with Crippen LogP contribution in [0.3, 0.4) is 0 Å². The molecule has 1 rings (SSSR count). The van der Waals surface area contributed by atoms with Crippen molar-refractivity contribution < 1.29 is 13.2 Å². The van der Waals surface area contributed by atoms with Gasteiger partial charge in [0, 0.05) is 6.54 Å². The van der Waals surface area contributed by atoms with E-state index in [0.717, 1.165) is 5.56 Å². The normalized spacial score (nSPS) is 11.5. The molecule has 0 atom stereocenters. The minimum absolute atomic E-state index is 0.164. The molecule has 0 spiro atoms. The zero-order chi connectivity index (χ0) is 12.9. The molecule has 0 bridgehead atoms. The van der Waals surface area contributed by atoms with Crippen molar-refractivity contribution in [1.82, 2.24) is 4.72 Å². The van der Waals surface area contributed by atoms with Gasteiger partial charge in [0.15, 0.2) is 0 Å². The van der Waals surface area contributed by atoms with Gasteiger partial charge in [0.25, 0.3) is 0 Å². The smallest absolute Gasteiger partial charge is 0.244 e. The highest BCUT2D eigenvalue weighted by Gasteiger charge is 2.18. The standard InChI is InChI=1S/C11H18N2O3S/c1-9-4-5-10(16-2)11(8-9)17(14,15)13-7-3-6-12/h4-5,8,13H,3,6-7,12H2,1-2H3. The number of methoxy groups -OCH3 is 1. The van der Waals surface area contributed by atoms with Crippen LogP contribution in [0, 0.1) is 6.92 Å². The molecule has 0 fully saturated rings. The molecular weight excluding hydrogens is 240 g/mol. The summed E-state index contributed by atoms with van der Waals surface area (Å²) in [6, 6.07) is 5.04. The van der Waals surface area contributed by atoms with Crippen LogP contribution in [-0.2, 0) is 10.0 Å². The van der Waals surface area contributed by atoms with Crippen LogP contribution in [0.25, 0.3) is 0 Å². The van der Waals surface area contributed by atoms with Crippen molar-refractivity contribution in [3.63, 3.8) is 0 Å². The average molecular weight is 258 g/mol. The van der Waals surface area contributed by atoms with Gasteiger partial charge >= 0.3 is 0 Å². The second kappa shape index (κ2) is 6.00. The van der Waals surface area contributed by atoms with Gasteiger partial charge in [0.1, 0.15) is 10.6 Å². The number of nitrogens with one attached hydrogen (secondary N) is 1. The number of hydrogen-bond donors (Lipinski definition) is 2. The van der Waals surface area contributed by atoms with E-state index in [1.807, 2.05) is 6.92 Å². The van der Waals surface area contributed by atoms with Crippen molar-refractivity contribution in [3.8, 4) is 5.75 Å². The topological polar surface area (TPSA) is 81.4 Å². The summed E-state index contributed by atoms with van der Waals surface area (Å²) in [6.07, 6.45) is 0.605. The lowest BCUT2D eigenvalue weighted by Gasteiger charge is -2.11. The minimum atomic E-state index is -3.53. The van der Waals surface area contributed by atoms with Gasteiger partial charge in [-0.2, -0.15) is 0 Å². The number of sulfonamides is 1. The lowest BCUT2D eigenvalue weighted by Crippen LogP contribution is -2.26. The Balaban J connectivity index is 3.00. The molecule has 1 aromatic rings. The first-order valence-electron chi connectivity index (χ1n) is 5.35. The van der Waals surface area contributed by atoms with Gasteiger partial charge < -0.3 is 10.5 Å². The second-order valence-electron chi connectivity index (χ2n) is 3.69. The number of ether oxygens (including phenoxy) is 1. The SMILES string of the molecule is COc1ccc(C)cc1S(=O)(=O)NCCCN. The van der Waals surface area contributed by atoms with E-state index in [-0.39, 0.29) is 4.90 Å². The third kappa shape index (κ3) is 3.69. The summed E-state index contributed by atoms with van der Waals surface area (Å²) < 4.78 is 31.6. The fourth-order valence-corrected chi connectivity index (χ4v) is 2.71. The molecule has 0 unspecified atom stereocenters. The molecule has 0 amide bonds. The molecule has 0 saturated carbocycles. The first kappa shape index (κ1) is 14.0. The number of benzene rings is 1. The van der Waals surface area contributed by atoms with Crippen LogP contribution < -0.4 is 15.2 Å². The first-order valence-corrected chi connectivity index (χ1v) is 6.84. The molecule has 0 aromatic heterocycles. The predicted molar refractivity (Wildman–Crippen MR) is 66.6 cm³/mol. The third-order valence-electron chi connectivity index (χ3n) is 2.28. The lowest BCUT2D eigenvalue weighted by molar-refractivity contribution is 0.402. The number of rotatable bonds is 6. The van der Waals surface area contributed by atoms with Crippen molar-refractivity contribution in [2.45, 2.75) is 18.2 Å². The summed E-state index contributed by atoms with van der Waals surface area (Å²) in [6.45, 7) is 2.61. The quantitative estimate of drug-likeness (QED) is 0.733. The molecule has 0 heterocycles. The molecule has 0 aliphatic carbocycles. The minimum Gasteiger partial charge on any atom is -0.495 e. The monoisotopic (exact) mass is 258 g/mol. The Morgan fingerprint density at radius 2 is 2.12 bits per heavy atom. The van der Waals surface area contributed by atoms with Crippen LogP contribution in [0.15, 0.2) is 23.1 Å². The summed E-state index contributed by atoms with van der Waals surface area (Å²) in [5, 5.41) is 0. The van der Waals surface area contributed by atoms with Crippen LogP contribution in [-0.4, -0.2) is 28.6 Å². The molecule has 5 nitrogen and oxygen atoms in total. The van der Waals surface area contributed by atoms with Gasteiger partial charge in [-0.1, -0.05) is 6.07 Å². The number of hydrogen-bond acceptors (Lipinski definition) is 4. The Hall–Kier alpha value is -1.11. The van der Waals surface area contributed by atoms with E-state index in [2.05, 4.69) is 4.72 Å². The molecule has 3 N–H and O–H groups in total. The van der Waals surface area contributed by atoms with Gasteiger partial charge in [0.2, 0.25) is 10.0 Å². The Morgan fingerprint density at radius 1 is 1.41 bits per heavy atom. The van der Waals surface area contributed by atoms with Gasteiger partial charge in [0.05, 0.1) is 7.11 Å². The maximum absolute atomic E-state index is 12.0. The van der Waals surface area contributed by atoms with E-state index in [1.165, 1.54) is 7.11 Å². The summed E-state index contributed by atoms with van der Waals surface area (Å²) in [7, 11) is -2.08. The van der Waals surface area contributed by atoms with Crippen molar-refractivity contribution in [3.05, 3.63) is 23.8 Å². The highest BCUT2D eigenvalue weighted by molar-refractivity contribution is 7.89. The largest absolute Gasteiger partial charge is 0.495 e. The fraction of sp³-hybridized carbons (Fsp3) is 0.455. The molecule has 17 heavy (non-hydrogen) atoms. The molecule has 0 saturated heterocycles. The molecular formula is C11H18N2O3S. The zero-order valence-corrected chi connectivity index (χ0v) is 10.9. The first-order chi connectivity index (χ1) is 8.01. The summed E-state index contributed by atoms with van der Waals surface area (Å²) in [5.74, 6) is 0.343. The molecule has 96 valence electrons. The Kier molecular flexibility index (Phi) is 4.92. The maximum Gasteiger partial charge on any atom is 0.244 e. The van der Waals surface area contributed by atoms with Crippen LogP contribution in [0.1, 0.15) is 12.0 Å². The van der Waals surface area contributed by atoms with Crippen LogP contribution in [0.5, 0.6) is 5.75 Å². The van der Waals surface area contributed by atoms with E-state index in [1.54, 1.807) is 18.2 Å². The maximum atomic E-state index is 12.0. The third-order valence-corrected chi connectivity index (χ3v) is 3.76. The summed E-state index contributed by atoms with van der Waals surface area (Å²) in [4.78, 5) is 0.164. The second-order valence-corrected chi connectivity index (χ2v) is 5.43. The van der Waals surface area contributed by atoms with E-state index in [0.29, 0.717) is 25.3 Å². The van der Waals surface area contributed by atoms with Crippen LogP contribution >= 0.6 is 0 Å².